The third-order valence-electron chi connectivity index (χ3n) is 1.04. The Morgan fingerprint density at radius 2 is 1.93 bits per heavy atom. The Bertz CT molecular complexity index is 267. The molecule has 0 radical (unpaired) electrons. The molecule has 0 aromatic heterocycles. The van der Waals surface area contributed by atoms with Crippen molar-refractivity contribution < 1.29 is 19.4 Å². The van der Waals surface area contributed by atoms with Gasteiger partial charge in [-0.15, -0.1) is 0 Å². The Labute approximate surface area is 95.4 Å². The first-order valence-electron chi connectivity index (χ1n) is 3.37. The standard InChI is InChI=1S/C7H7Cl3O4/c1-4(11)14-3-5(6(12)13)2-7(8,9)10/h2H,3H2,1H3,(H,12,13)/b5-2+. The first kappa shape index (κ1) is 13.5. The van der Waals surface area contributed by atoms with Gasteiger partial charge < -0.3 is 9.84 Å². The maximum Gasteiger partial charge on any atom is 0.334 e. The van der Waals surface area contributed by atoms with Crippen LogP contribution >= 0.6 is 34.8 Å². The number of carboxylic acids is 1. The number of hydrogen-bond donors (Lipinski definition) is 1. The average molecular weight is 261 g/mol. The van der Waals surface area contributed by atoms with Gasteiger partial charge >= 0.3 is 11.9 Å². The smallest absolute Gasteiger partial charge is 0.334 e. The third kappa shape index (κ3) is 7.00. The van der Waals surface area contributed by atoms with Crippen LogP contribution in [-0.2, 0) is 14.3 Å². The maximum absolute atomic E-state index is 10.6. The number of ether oxygens (including phenoxy) is 1. The van der Waals surface area contributed by atoms with Crippen LogP contribution in [0.15, 0.2) is 11.6 Å². The Balaban J connectivity index is 4.54. The Hall–Kier alpha value is -0.450. The number of hydrogen-bond acceptors (Lipinski definition) is 3. The minimum atomic E-state index is -1.83. The first-order chi connectivity index (χ1) is 6.22. The van der Waals surface area contributed by atoms with Gasteiger partial charge in [-0.3, -0.25) is 4.79 Å². The van der Waals surface area contributed by atoms with Crippen LogP contribution in [0.4, 0.5) is 0 Å². The summed E-state index contributed by atoms with van der Waals surface area (Å²) in [5.74, 6) is -1.92. The number of esters is 1. The van der Waals surface area contributed by atoms with Crippen molar-refractivity contribution >= 4 is 46.7 Å². The van der Waals surface area contributed by atoms with Crippen LogP contribution in [0.3, 0.4) is 0 Å². The van der Waals surface area contributed by atoms with Crippen LogP contribution in [0.2, 0.25) is 0 Å². The summed E-state index contributed by atoms with van der Waals surface area (Å²) in [7, 11) is 0. The van der Waals surface area contributed by atoms with Gasteiger partial charge in [-0.25, -0.2) is 4.79 Å². The molecule has 80 valence electrons. The number of allylic oxidation sites excluding steroid dienone is 1. The Kier molecular flexibility index (Phi) is 5.26. The molecule has 0 rings (SSSR count). The van der Waals surface area contributed by atoms with Gasteiger partial charge in [0, 0.05) is 6.92 Å². The lowest BCUT2D eigenvalue weighted by Gasteiger charge is -2.07. The molecule has 0 fully saturated rings. The van der Waals surface area contributed by atoms with Gasteiger partial charge in [0.1, 0.15) is 6.61 Å². The van der Waals surface area contributed by atoms with Gasteiger partial charge in [-0.05, 0) is 6.08 Å². The number of carboxylic acid groups (broad SMARTS) is 1. The SMILES string of the molecule is CC(=O)OC/C(=C\C(Cl)(Cl)Cl)C(=O)O. The summed E-state index contributed by atoms with van der Waals surface area (Å²) in [6.45, 7) is 0.716. The van der Waals surface area contributed by atoms with E-state index in [1.165, 1.54) is 0 Å². The van der Waals surface area contributed by atoms with E-state index in [9.17, 15) is 9.59 Å². The molecule has 0 aliphatic carbocycles. The van der Waals surface area contributed by atoms with Crippen molar-refractivity contribution in [3.63, 3.8) is 0 Å². The zero-order chi connectivity index (χ0) is 11.4. The molecule has 0 aromatic carbocycles. The number of alkyl halides is 3. The summed E-state index contributed by atoms with van der Waals surface area (Å²) >= 11 is 16.0. The highest BCUT2D eigenvalue weighted by Gasteiger charge is 2.20. The number of carbonyl (C=O) groups excluding carboxylic acids is 1. The van der Waals surface area contributed by atoms with E-state index in [-0.39, 0.29) is 5.57 Å². The quantitative estimate of drug-likeness (QED) is 0.479. The summed E-state index contributed by atoms with van der Waals surface area (Å²) in [4.78, 5) is 20.9. The lowest BCUT2D eigenvalue weighted by molar-refractivity contribution is -0.141. The Morgan fingerprint density at radius 3 is 2.21 bits per heavy atom. The monoisotopic (exact) mass is 260 g/mol. The summed E-state index contributed by atoms with van der Waals surface area (Å²) in [5, 5.41) is 8.61. The van der Waals surface area contributed by atoms with Crippen molar-refractivity contribution in [1.29, 1.82) is 0 Å². The van der Waals surface area contributed by atoms with E-state index in [2.05, 4.69) is 4.74 Å². The number of halogens is 3. The fraction of sp³-hybridized carbons (Fsp3) is 0.429. The molecule has 0 aliphatic heterocycles. The first-order valence-corrected chi connectivity index (χ1v) is 4.51. The molecular formula is C7H7Cl3O4. The fourth-order valence-electron chi connectivity index (χ4n) is 0.542. The molecule has 1 N–H and O–H groups in total. The highest BCUT2D eigenvalue weighted by Crippen LogP contribution is 2.28. The predicted octanol–water partition coefficient (Wildman–Crippen LogP) is 1.93. The second kappa shape index (κ2) is 5.44. The molecule has 0 aliphatic rings. The van der Waals surface area contributed by atoms with Crippen LogP contribution in [0.5, 0.6) is 0 Å². The molecule has 0 saturated heterocycles. The highest BCUT2D eigenvalue weighted by molar-refractivity contribution is 6.69. The third-order valence-corrected chi connectivity index (χ3v) is 1.37. The van der Waals surface area contributed by atoms with Crippen LogP contribution < -0.4 is 0 Å². The van der Waals surface area contributed by atoms with E-state index in [4.69, 9.17) is 39.9 Å². The fourth-order valence-corrected chi connectivity index (χ4v) is 0.937. The van der Waals surface area contributed by atoms with Gasteiger partial charge in [0.25, 0.3) is 0 Å². The van der Waals surface area contributed by atoms with E-state index < -0.39 is 22.3 Å². The van der Waals surface area contributed by atoms with Crippen molar-refractivity contribution in [2.45, 2.75) is 10.7 Å². The summed E-state index contributed by atoms with van der Waals surface area (Å²) in [6, 6.07) is 0. The zero-order valence-corrected chi connectivity index (χ0v) is 9.36. The van der Waals surface area contributed by atoms with E-state index in [0.717, 1.165) is 13.0 Å². The van der Waals surface area contributed by atoms with Crippen molar-refractivity contribution in [3.05, 3.63) is 11.6 Å². The molecule has 7 heteroatoms. The molecule has 0 spiro atoms. The van der Waals surface area contributed by atoms with Crippen molar-refractivity contribution in [2.24, 2.45) is 0 Å². The molecule has 14 heavy (non-hydrogen) atoms. The normalized spacial score (nSPS) is 12.4. The minimum Gasteiger partial charge on any atom is -0.478 e. The number of rotatable bonds is 3. The maximum atomic E-state index is 10.6. The molecule has 0 unspecified atom stereocenters. The van der Waals surface area contributed by atoms with Crippen molar-refractivity contribution in [1.82, 2.24) is 0 Å². The van der Waals surface area contributed by atoms with E-state index in [0.29, 0.717) is 0 Å². The van der Waals surface area contributed by atoms with Crippen molar-refractivity contribution in [3.8, 4) is 0 Å². The van der Waals surface area contributed by atoms with Gasteiger partial charge in [-0.1, -0.05) is 34.8 Å². The summed E-state index contributed by atoms with van der Waals surface area (Å²) in [5.41, 5.74) is -0.291. The lowest BCUT2D eigenvalue weighted by atomic mass is 10.3. The second-order valence-corrected chi connectivity index (χ2v) is 4.67. The summed E-state index contributed by atoms with van der Waals surface area (Å²) < 4.78 is 2.62. The predicted molar refractivity (Wildman–Crippen MR) is 52.6 cm³/mol. The lowest BCUT2D eigenvalue weighted by Crippen LogP contribution is -2.13. The highest BCUT2D eigenvalue weighted by atomic mass is 35.6. The van der Waals surface area contributed by atoms with E-state index in [1.54, 1.807) is 0 Å². The molecule has 0 saturated carbocycles. The Morgan fingerprint density at radius 1 is 1.43 bits per heavy atom. The molecular weight excluding hydrogens is 254 g/mol. The average Bonchev–Trinajstić information content (AvgIpc) is 1.94. The molecule has 4 nitrogen and oxygen atoms in total. The van der Waals surface area contributed by atoms with Gasteiger partial charge in [-0.2, -0.15) is 0 Å². The van der Waals surface area contributed by atoms with Crippen molar-refractivity contribution in [2.75, 3.05) is 6.61 Å². The van der Waals surface area contributed by atoms with Crippen LogP contribution in [0, 0.1) is 0 Å². The molecule has 0 bridgehead atoms. The van der Waals surface area contributed by atoms with Crippen LogP contribution in [0.1, 0.15) is 6.92 Å². The summed E-state index contributed by atoms with van der Waals surface area (Å²) in [6.07, 6.45) is 0.878. The van der Waals surface area contributed by atoms with Crippen LogP contribution in [0.25, 0.3) is 0 Å². The molecule has 0 heterocycles. The minimum absolute atomic E-state index is 0.291. The van der Waals surface area contributed by atoms with Crippen LogP contribution in [-0.4, -0.2) is 27.4 Å². The number of carbonyl (C=O) groups is 2. The van der Waals surface area contributed by atoms with Gasteiger partial charge in [0.05, 0.1) is 5.57 Å². The molecule has 0 atom stereocenters. The zero-order valence-electron chi connectivity index (χ0n) is 7.09. The van der Waals surface area contributed by atoms with E-state index in [1.807, 2.05) is 0 Å². The van der Waals surface area contributed by atoms with Gasteiger partial charge in [0.15, 0.2) is 0 Å². The molecule has 0 amide bonds. The largest absolute Gasteiger partial charge is 0.478 e. The molecule has 0 aromatic rings. The second-order valence-electron chi connectivity index (χ2n) is 2.30. The van der Waals surface area contributed by atoms with E-state index >= 15 is 0 Å². The topological polar surface area (TPSA) is 63.6 Å². The van der Waals surface area contributed by atoms with Gasteiger partial charge in [0.2, 0.25) is 3.79 Å². The number of aliphatic carboxylic acids is 1.